The van der Waals surface area contributed by atoms with Gasteiger partial charge in [0.05, 0.1) is 38.3 Å². The summed E-state index contributed by atoms with van der Waals surface area (Å²) in [5.41, 5.74) is 13.9. The Hall–Kier alpha value is -6.54. The number of imidazole rings is 2. The van der Waals surface area contributed by atoms with Crippen LogP contribution in [-0.4, -0.2) is 36.7 Å². The highest BCUT2D eigenvalue weighted by atomic mass is 16.7. The van der Waals surface area contributed by atoms with Gasteiger partial charge in [-0.3, -0.25) is 0 Å². The monoisotopic (exact) mass is 752 g/mol. The minimum atomic E-state index is -1.23. The van der Waals surface area contributed by atoms with Crippen LogP contribution < -0.4 is 18.6 Å². The molecule has 5 aromatic carbocycles. The molecule has 10 rings (SSSR count). The van der Waals surface area contributed by atoms with Gasteiger partial charge < -0.3 is 9.47 Å². The third-order valence-corrected chi connectivity index (χ3v) is 11.7. The van der Waals surface area contributed by atoms with E-state index in [-0.39, 0.29) is 0 Å². The molecule has 7 aromatic rings. The van der Waals surface area contributed by atoms with E-state index in [1.807, 2.05) is 0 Å². The van der Waals surface area contributed by atoms with Gasteiger partial charge in [-0.2, -0.15) is 0 Å². The summed E-state index contributed by atoms with van der Waals surface area (Å²) in [6.45, 7) is 6.26. The lowest BCUT2D eigenvalue weighted by atomic mass is 9.93. The van der Waals surface area contributed by atoms with Gasteiger partial charge >= 0.3 is 6.03 Å². The molecule has 0 amide bonds. The molecule has 1 spiro atoms. The summed E-state index contributed by atoms with van der Waals surface area (Å²) in [4.78, 5) is 0. The van der Waals surface area contributed by atoms with E-state index in [0.717, 1.165) is 83.9 Å². The Balaban J connectivity index is 0.990. The third kappa shape index (κ3) is 6.16. The largest absolute Gasteiger partial charge is 0.715 e. The lowest BCUT2D eigenvalue weighted by molar-refractivity contribution is -0.831. The molecule has 5 heterocycles. The Morgan fingerprint density at radius 1 is 0.561 bits per heavy atom. The van der Waals surface area contributed by atoms with E-state index in [0.29, 0.717) is 0 Å². The lowest BCUT2D eigenvalue weighted by Gasteiger charge is -2.28. The Kier molecular flexibility index (Phi) is 8.51. The van der Waals surface area contributed by atoms with Crippen molar-refractivity contribution < 1.29 is 27.8 Å². The van der Waals surface area contributed by atoms with Gasteiger partial charge in [-0.1, -0.05) is 60.7 Å². The van der Waals surface area contributed by atoms with Gasteiger partial charge in [0.25, 0.3) is 11.4 Å². The molecule has 3 aliphatic heterocycles. The van der Waals surface area contributed by atoms with Crippen molar-refractivity contribution in [2.75, 3.05) is 0 Å². The van der Waals surface area contributed by atoms with Crippen molar-refractivity contribution in [3.63, 3.8) is 0 Å². The first kappa shape index (κ1) is 34.9. The zero-order valence-corrected chi connectivity index (χ0v) is 33.1. The van der Waals surface area contributed by atoms with Crippen molar-refractivity contribution in [1.82, 2.24) is 9.13 Å². The Morgan fingerprint density at radius 3 is 1.44 bits per heavy atom. The first-order chi connectivity index (χ1) is 27.8. The van der Waals surface area contributed by atoms with Gasteiger partial charge in [0.15, 0.2) is 23.9 Å². The van der Waals surface area contributed by atoms with Crippen LogP contribution in [0.4, 0.5) is 11.4 Å². The van der Waals surface area contributed by atoms with Crippen LogP contribution in [0.5, 0.6) is 11.5 Å². The molecule has 0 radical (unpaired) electrons. The number of aromatic nitrogens is 4. The Bertz CT molecular complexity index is 2580. The van der Waals surface area contributed by atoms with Crippen molar-refractivity contribution in [2.24, 2.45) is 14.1 Å². The molecule has 0 aliphatic carbocycles. The first-order valence-corrected chi connectivity index (χ1v) is 20.1. The van der Waals surface area contributed by atoms with E-state index in [1.54, 1.807) is 0 Å². The first-order valence-electron chi connectivity index (χ1n) is 20.1. The second kappa shape index (κ2) is 13.9. The molecule has 57 heavy (non-hydrogen) atoms. The summed E-state index contributed by atoms with van der Waals surface area (Å²) in [7, 11) is 4.13. The van der Waals surface area contributed by atoms with Gasteiger partial charge in [0.1, 0.15) is 24.8 Å². The van der Waals surface area contributed by atoms with Crippen molar-refractivity contribution in [3.8, 4) is 33.8 Å². The van der Waals surface area contributed by atoms with Crippen LogP contribution in [0.2, 0.25) is 0 Å². The molecule has 282 valence electrons. The number of hydrogen-bond acceptors (Lipinski definition) is 2. The summed E-state index contributed by atoms with van der Waals surface area (Å²) < 4.78 is 27.4. The summed E-state index contributed by atoms with van der Waals surface area (Å²) in [6.07, 6.45) is 21.3. The predicted octanol–water partition coefficient (Wildman–Crippen LogP) is 8.09. The van der Waals surface area contributed by atoms with Crippen LogP contribution in [0.25, 0.3) is 22.3 Å². The van der Waals surface area contributed by atoms with Crippen LogP contribution in [0.1, 0.15) is 46.2 Å². The van der Waals surface area contributed by atoms with Crippen molar-refractivity contribution in [3.05, 3.63) is 168 Å². The quantitative estimate of drug-likeness (QED) is 0.133. The Labute approximate surface area is 334 Å². The zero-order chi connectivity index (χ0) is 38.7. The smallest absolute Gasteiger partial charge is 0.340 e. The molecule has 0 bridgehead atoms. The molecule has 0 saturated carbocycles. The fraction of sp³-hybridized carbons (Fsp3) is 0.224. The van der Waals surface area contributed by atoms with Crippen LogP contribution in [-0.2, 0) is 40.0 Å². The molecule has 3 aliphatic rings. The summed E-state index contributed by atoms with van der Waals surface area (Å²) in [5.74, 6) is 1.67. The SMILES string of the molecule is Cc1cc(-c2ccccc2CCCn2cc[n+](C)c2)cc2c1OC13Oc4c(C)cc(-c5ccccc5CCCn5cc[n+](C)c5)cc4C=[N+]1c1ccccc1[N+]3=C2. The van der Waals surface area contributed by atoms with Crippen LogP contribution in [0.15, 0.2) is 135 Å². The molecule has 0 fully saturated rings. The van der Waals surface area contributed by atoms with Gasteiger partial charge in [-0.25, -0.2) is 18.3 Å². The van der Waals surface area contributed by atoms with Gasteiger partial charge in [-0.05, 0) is 117 Å². The lowest BCUT2D eigenvalue weighted by Crippen LogP contribution is -2.59. The van der Waals surface area contributed by atoms with Crippen molar-refractivity contribution in [2.45, 2.75) is 58.7 Å². The van der Waals surface area contributed by atoms with Crippen molar-refractivity contribution in [1.29, 1.82) is 0 Å². The van der Waals surface area contributed by atoms with Gasteiger partial charge in [0, 0.05) is 12.1 Å². The summed E-state index contributed by atoms with van der Waals surface area (Å²) in [5, 5.41) is 0. The predicted molar refractivity (Wildman–Crippen MR) is 222 cm³/mol. The third-order valence-electron chi connectivity index (χ3n) is 11.7. The van der Waals surface area contributed by atoms with Crippen LogP contribution in [0.3, 0.4) is 0 Å². The number of hydrogen-bond donors (Lipinski definition) is 0. The van der Waals surface area contributed by atoms with E-state index in [9.17, 15) is 0 Å². The molecule has 0 unspecified atom stereocenters. The normalized spacial score (nSPS) is 14.3. The number of rotatable bonds is 10. The zero-order valence-electron chi connectivity index (χ0n) is 33.1. The molecular weight excluding hydrogens is 705 g/mol. The highest BCUT2D eigenvalue weighted by Crippen LogP contribution is 2.50. The maximum atomic E-state index is 7.18. The van der Waals surface area contributed by atoms with Gasteiger partial charge in [-0.15, -0.1) is 0 Å². The minimum absolute atomic E-state index is 0.833. The molecule has 8 nitrogen and oxygen atoms in total. The average Bonchev–Trinajstić information content (AvgIpc) is 3.91. The fourth-order valence-electron chi connectivity index (χ4n) is 8.95. The number of aryl methyl sites for hydroxylation is 8. The standard InChI is InChI=1S/C49H48N6O2/c1-35-27-39(43-17-7-5-13-37(43)15-11-21-52-25-23-50(3)33-52)29-41-31-54-45-19-9-10-20-46(45)55-32-42-30-40(28-36(2)48(42)57-49(54,55)56-47(35)41)44-18-8-6-14-38(44)16-12-22-53-26-24-51(4)34-53/h5-10,13-14,17-20,23-34H,11-12,15-16,21-22H2,1-4H3/q+4. The number of benzene rings is 5. The molecule has 2 aromatic heterocycles. The van der Waals surface area contributed by atoms with E-state index in [2.05, 4.69) is 202 Å². The van der Waals surface area contributed by atoms with Crippen LogP contribution in [0, 0.1) is 13.8 Å². The molecular formula is C49H48N6O2+4. The number of ether oxygens (including phenoxy) is 2. The fourth-order valence-corrected chi connectivity index (χ4v) is 8.95. The summed E-state index contributed by atoms with van der Waals surface area (Å²) in [6, 6.07) is 34.0. The molecule has 8 heteroatoms. The van der Waals surface area contributed by atoms with Crippen LogP contribution >= 0.6 is 0 Å². The molecule has 0 saturated heterocycles. The molecule has 0 atom stereocenters. The second-order valence-electron chi connectivity index (χ2n) is 15.8. The highest BCUT2D eigenvalue weighted by Gasteiger charge is 2.72. The second-order valence-corrected chi connectivity index (χ2v) is 15.8. The topological polar surface area (TPSA) is 42.1 Å². The average molecular weight is 753 g/mol. The Morgan fingerprint density at radius 2 is 1.00 bits per heavy atom. The summed E-state index contributed by atoms with van der Waals surface area (Å²) >= 11 is 0. The molecule has 0 N–H and O–H groups in total. The maximum Gasteiger partial charge on any atom is 0.715 e. The number of nitrogens with zero attached hydrogens (tertiary/aromatic N) is 6. The maximum absolute atomic E-state index is 7.18. The highest BCUT2D eigenvalue weighted by molar-refractivity contribution is 5.90. The van der Waals surface area contributed by atoms with E-state index in [4.69, 9.17) is 9.47 Å². The number of para-hydroxylation sites is 2. The van der Waals surface area contributed by atoms with E-state index >= 15 is 0 Å². The van der Waals surface area contributed by atoms with Gasteiger partial charge in [0.2, 0.25) is 12.7 Å². The van der Waals surface area contributed by atoms with E-state index in [1.165, 1.54) is 33.4 Å². The number of fused-ring (bicyclic) bond motifs is 5. The minimum Gasteiger partial charge on any atom is -0.340 e. The van der Waals surface area contributed by atoms with E-state index < -0.39 is 6.03 Å². The van der Waals surface area contributed by atoms with Crippen molar-refractivity contribution >= 4 is 23.8 Å².